The molecule has 0 saturated carbocycles. The average Bonchev–Trinajstić information content (AvgIpc) is 3.17. The maximum Gasteiger partial charge on any atom is 0.312 e. The third kappa shape index (κ3) is 5.14. The standard InChI is InChI=1S/C20H19N3O4S/c1-13(19(25)22-15-6-3-7-17(9-15)26-2)27-18(24)10-16-12-28-20(23-16)14-5-4-8-21-11-14/h3-9,11-13H,10H2,1-2H3,(H,22,25)/t13-/m0/s1. The number of amides is 1. The van der Waals surface area contributed by atoms with Crippen molar-refractivity contribution in [2.24, 2.45) is 0 Å². The van der Waals surface area contributed by atoms with Gasteiger partial charge in [0.25, 0.3) is 5.91 Å². The lowest BCUT2D eigenvalue weighted by atomic mass is 10.2. The Labute approximate surface area is 166 Å². The Morgan fingerprint density at radius 2 is 2.11 bits per heavy atom. The lowest BCUT2D eigenvalue weighted by Gasteiger charge is -2.13. The van der Waals surface area contributed by atoms with Gasteiger partial charge in [-0.1, -0.05) is 6.07 Å². The number of benzene rings is 1. The van der Waals surface area contributed by atoms with Crippen molar-refractivity contribution in [2.75, 3.05) is 12.4 Å². The van der Waals surface area contributed by atoms with E-state index < -0.39 is 18.0 Å². The fourth-order valence-corrected chi connectivity index (χ4v) is 3.21. The molecule has 2 aromatic heterocycles. The van der Waals surface area contributed by atoms with Gasteiger partial charge in [-0.3, -0.25) is 14.6 Å². The molecular formula is C20H19N3O4S. The first kappa shape index (κ1) is 19.5. The molecule has 1 N–H and O–H groups in total. The Kier molecular flexibility index (Phi) is 6.33. The van der Waals surface area contributed by atoms with Crippen LogP contribution in [0, 0.1) is 0 Å². The normalized spacial score (nSPS) is 11.5. The third-order valence-electron chi connectivity index (χ3n) is 3.80. The highest BCUT2D eigenvalue weighted by Crippen LogP contribution is 2.23. The zero-order chi connectivity index (χ0) is 19.9. The second-order valence-electron chi connectivity index (χ2n) is 5.92. The van der Waals surface area contributed by atoms with E-state index in [4.69, 9.17) is 9.47 Å². The van der Waals surface area contributed by atoms with Crippen LogP contribution in [0.1, 0.15) is 12.6 Å². The predicted molar refractivity (Wildman–Crippen MR) is 106 cm³/mol. The summed E-state index contributed by atoms with van der Waals surface area (Å²) in [6, 6.07) is 10.7. The lowest BCUT2D eigenvalue weighted by molar-refractivity contribution is -0.152. The molecule has 7 nitrogen and oxygen atoms in total. The number of carbonyl (C=O) groups is 2. The van der Waals surface area contributed by atoms with Gasteiger partial charge in [0.05, 0.1) is 19.2 Å². The fourth-order valence-electron chi connectivity index (χ4n) is 2.39. The molecule has 1 aromatic carbocycles. The van der Waals surface area contributed by atoms with Crippen molar-refractivity contribution in [3.05, 3.63) is 59.9 Å². The minimum atomic E-state index is -0.935. The van der Waals surface area contributed by atoms with Crippen molar-refractivity contribution in [1.29, 1.82) is 0 Å². The first-order valence-corrected chi connectivity index (χ1v) is 9.42. The van der Waals surface area contributed by atoms with Crippen LogP contribution in [0.5, 0.6) is 5.75 Å². The number of hydrogen-bond donors (Lipinski definition) is 1. The highest BCUT2D eigenvalue weighted by Gasteiger charge is 2.19. The van der Waals surface area contributed by atoms with E-state index in [-0.39, 0.29) is 6.42 Å². The molecule has 3 rings (SSSR count). The predicted octanol–water partition coefficient (Wildman–Crippen LogP) is 3.33. The molecule has 0 unspecified atom stereocenters. The monoisotopic (exact) mass is 397 g/mol. The molecule has 0 aliphatic rings. The number of thiazole rings is 1. The van der Waals surface area contributed by atoms with Crippen LogP contribution in [0.2, 0.25) is 0 Å². The minimum Gasteiger partial charge on any atom is -0.497 e. The van der Waals surface area contributed by atoms with Gasteiger partial charge in [-0.25, -0.2) is 4.98 Å². The van der Waals surface area contributed by atoms with Crippen LogP contribution in [0.15, 0.2) is 54.2 Å². The molecule has 0 aliphatic carbocycles. The van der Waals surface area contributed by atoms with E-state index in [1.807, 2.05) is 12.1 Å². The Balaban J connectivity index is 1.54. The van der Waals surface area contributed by atoms with Crippen LogP contribution in [0.3, 0.4) is 0 Å². The highest BCUT2D eigenvalue weighted by molar-refractivity contribution is 7.13. The number of ether oxygens (including phenoxy) is 2. The maximum atomic E-state index is 12.2. The van der Waals surface area contributed by atoms with E-state index in [2.05, 4.69) is 15.3 Å². The number of aromatic nitrogens is 2. The molecule has 0 radical (unpaired) electrons. The maximum absolute atomic E-state index is 12.2. The Morgan fingerprint density at radius 1 is 1.25 bits per heavy atom. The van der Waals surface area contributed by atoms with Crippen molar-refractivity contribution in [3.8, 4) is 16.3 Å². The summed E-state index contributed by atoms with van der Waals surface area (Å²) in [5.41, 5.74) is 2.04. The van der Waals surface area contributed by atoms with Crippen LogP contribution in [-0.2, 0) is 20.7 Å². The summed E-state index contributed by atoms with van der Waals surface area (Å²) in [6.07, 6.45) is 2.46. The van der Waals surface area contributed by atoms with Crippen molar-refractivity contribution >= 4 is 28.9 Å². The largest absolute Gasteiger partial charge is 0.497 e. The third-order valence-corrected chi connectivity index (χ3v) is 4.74. The molecule has 0 spiro atoms. The molecule has 8 heteroatoms. The Morgan fingerprint density at radius 3 is 2.86 bits per heavy atom. The second-order valence-corrected chi connectivity index (χ2v) is 6.77. The van der Waals surface area contributed by atoms with Crippen LogP contribution in [-0.4, -0.2) is 35.1 Å². The summed E-state index contributed by atoms with van der Waals surface area (Å²) >= 11 is 1.43. The molecule has 0 bridgehead atoms. The summed E-state index contributed by atoms with van der Waals surface area (Å²) in [5, 5.41) is 5.27. The first-order chi connectivity index (χ1) is 13.5. The van der Waals surface area contributed by atoms with Crippen molar-refractivity contribution in [1.82, 2.24) is 9.97 Å². The number of nitrogens with one attached hydrogen (secondary N) is 1. The van der Waals surface area contributed by atoms with Crippen LogP contribution in [0.4, 0.5) is 5.69 Å². The second kappa shape index (κ2) is 9.09. The van der Waals surface area contributed by atoms with Gasteiger partial charge in [-0.05, 0) is 31.2 Å². The van der Waals surface area contributed by atoms with Gasteiger partial charge in [0.2, 0.25) is 0 Å². The van der Waals surface area contributed by atoms with Gasteiger partial charge < -0.3 is 14.8 Å². The van der Waals surface area contributed by atoms with E-state index >= 15 is 0 Å². The molecule has 3 aromatic rings. The number of rotatable bonds is 7. The van der Waals surface area contributed by atoms with E-state index in [1.54, 1.807) is 49.1 Å². The topological polar surface area (TPSA) is 90.4 Å². The van der Waals surface area contributed by atoms with Crippen LogP contribution < -0.4 is 10.1 Å². The summed E-state index contributed by atoms with van der Waals surface area (Å²) < 4.78 is 10.3. The number of nitrogens with zero attached hydrogens (tertiary/aromatic N) is 2. The highest BCUT2D eigenvalue weighted by atomic mass is 32.1. The van der Waals surface area contributed by atoms with Crippen molar-refractivity contribution in [3.63, 3.8) is 0 Å². The summed E-state index contributed by atoms with van der Waals surface area (Å²) in [6.45, 7) is 1.52. The van der Waals surface area contributed by atoms with Gasteiger partial charge >= 0.3 is 5.97 Å². The Hall–Kier alpha value is -3.26. The number of methoxy groups -OCH3 is 1. The molecule has 28 heavy (non-hydrogen) atoms. The van der Waals surface area contributed by atoms with E-state index in [0.717, 1.165) is 10.6 Å². The average molecular weight is 397 g/mol. The molecule has 0 fully saturated rings. The smallest absolute Gasteiger partial charge is 0.312 e. The van der Waals surface area contributed by atoms with Gasteiger partial charge in [0, 0.05) is 35.1 Å². The van der Waals surface area contributed by atoms with E-state index in [0.29, 0.717) is 17.1 Å². The van der Waals surface area contributed by atoms with Gasteiger partial charge in [0.1, 0.15) is 10.8 Å². The number of esters is 1. The molecule has 1 atom stereocenters. The first-order valence-electron chi connectivity index (χ1n) is 8.54. The van der Waals surface area contributed by atoms with E-state index in [9.17, 15) is 9.59 Å². The molecule has 0 aliphatic heterocycles. The number of pyridine rings is 1. The number of carbonyl (C=O) groups excluding carboxylic acids is 2. The van der Waals surface area contributed by atoms with Gasteiger partial charge in [-0.2, -0.15) is 0 Å². The zero-order valence-corrected chi connectivity index (χ0v) is 16.2. The molecule has 1 amide bonds. The van der Waals surface area contributed by atoms with Crippen molar-refractivity contribution < 1.29 is 19.1 Å². The van der Waals surface area contributed by atoms with Crippen molar-refractivity contribution in [2.45, 2.75) is 19.4 Å². The fraction of sp³-hybridized carbons (Fsp3) is 0.200. The SMILES string of the molecule is COc1cccc(NC(=O)[C@H](C)OC(=O)Cc2csc(-c3cccnc3)n2)c1. The number of anilines is 1. The summed E-state index contributed by atoms with van der Waals surface area (Å²) in [7, 11) is 1.55. The Bertz CT molecular complexity index is 959. The lowest BCUT2D eigenvalue weighted by Crippen LogP contribution is -2.30. The minimum absolute atomic E-state index is 0.00641. The quantitative estimate of drug-likeness (QED) is 0.615. The van der Waals surface area contributed by atoms with Gasteiger partial charge in [-0.15, -0.1) is 11.3 Å². The molecule has 2 heterocycles. The van der Waals surface area contributed by atoms with Gasteiger partial charge in [0.15, 0.2) is 6.10 Å². The molecule has 144 valence electrons. The molecule has 0 saturated heterocycles. The number of hydrogen-bond acceptors (Lipinski definition) is 7. The summed E-state index contributed by atoms with van der Waals surface area (Å²) in [5.74, 6) is -0.317. The van der Waals surface area contributed by atoms with E-state index in [1.165, 1.54) is 18.3 Å². The zero-order valence-electron chi connectivity index (χ0n) is 15.4. The molecular weight excluding hydrogens is 378 g/mol. The summed E-state index contributed by atoms with van der Waals surface area (Å²) in [4.78, 5) is 32.9. The van der Waals surface area contributed by atoms with Crippen LogP contribution in [0.25, 0.3) is 10.6 Å². The van der Waals surface area contributed by atoms with Crippen LogP contribution >= 0.6 is 11.3 Å².